The minimum absolute atomic E-state index is 0.138. The number of hydrogen-bond donors (Lipinski definition) is 1. The Hall–Kier alpha value is -1.80. The number of nitrogens with one attached hydrogen (secondary N) is 1. The van der Waals surface area contributed by atoms with Gasteiger partial charge in [0.25, 0.3) is 5.56 Å². The number of ether oxygens (including phenoxy) is 1. The van der Waals surface area contributed by atoms with Gasteiger partial charge in [-0.1, -0.05) is 17.8 Å². The predicted molar refractivity (Wildman–Crippen MR) is 83.0 cm³/mol. The zero-order chi connectivity index (χ0) is 15.6. The highest BCUT2D eigenvalue weighted by atomic mass is 32.2. The fraction of sp³-hybridized carbons (Fsp3) is 0.462. The molecule has 0 saturated carbocycles. The summed E-state index contributed by atoms with van der Waals surface area (Å²) in [5, 5.41) is 0.806. The Morgan fingerprint density at radius 3 is 2.86 bits per heavy atom. The maximum absolute atomic E-state index is 12.1. The molecule has 0 aliphatic heterocycles. The number of nitrogens with zero attached hydrogens (tertiary/aromatic N) is 3. The molecular weight excluding hydrogens is 292 g/mol. The number of fused-ring (bicyclic) bond motifs is 1. The number of H-pyrrole nitrogens is 1. The lowest BCUT2D eigenvalue weighted by atomic mass is 10.5. The van der Waals surface area contributed by atoms with Crippen molar-refractivity contribution in [2.45, 2.75) is 23.9 Å². The van der Waals surface area contributed by atoms with Gasteiger partial charge >= 0.3 is 5.69 Å². The average molecular weight is 310 g/mol. The predicted octanol–water partition coefficient (Wildman–Crippen LogP) is 0.736. The minimum atomic E-state index is -0.475. The highest BCUT2D eigenvalue weighted by Crippen LogP contribution is 2.25. The monoisotopic (exact) mass is 310 g/mol. The van der Waals surface area contributed by atoms with Gasteiger partial charge in [0.05, 0.1) is 6.61 Å². The first kappa shape index (κ1) is 15.6. The van der Waals surface area contributed by atoms with Gasteiger partial charge in [-0.25, -0.2) is 9.78 Å². The Morgan fingerprint density at radius 2 is 2.24 bits per heavy atom. The van der Waals surface area contributed by atoms with E-state index in [0.29, 0.717) is 29.5 Å². The Balaban J connectivity index is 2.69. The van der Waals surface area contributed by atoms with Gasteiger partial charge in [-0.2, -0.15) is 0 Å². The molecule has 2 aromatic heterocycles. The van der Waals surface area contributed by atoms with Crippen LogP contribution in [0.2, 0.25) is 0 Å². The Labute approximate surface area is 125 Å². The first-order chi connectivity index (χ1) is 9.99. The van der Waals surface area contributed by atoms with Gasteiger partial charge in [-0.15, -0.1) is 6.58 Å². The number of thioether (sulfide) groups is 1. The third-order valence-corrected chi connectivity index (χ3v) is 4.20. The van der Waals surface area contributed by atoms with E-state index in [0.717, 1.165) is 0 Å². The van der Waals surface area contributed by atoms with Crippen molar-refractivity contribution in [2.75, 3.05) is 13.7 Å². The second kappa shape index (κ2) is 6.31. The van der Waals surface area contributed by atoms with Gasteiger partial charge in [0.2, 0.25) is 0 Å². The second-order valence-corrected chi connectivity index (χ2v) is 5.93. The highest BCUT2D eigenvalue weighted by Gasteiger charge is 2.18. The Kier molecular flexibility index (Phi) is 4.69. The second-order valence-electron chi connectivity index (χ2n) is 4.59. The Morgan fingerprint density at radius 1 is 1.52 bits per heavy atom. The van der Waals surface area contributed by atoms with Crippen molar-refractivity contribution in [3.05, 3.63) is 33.5 Å². The van der Waals surface area contributed by atoms with Crippen molar-refractivity contribution in [3.8, 4) is 0 Å². The van der Waals surface area contributed by atoms with Crippen LogP contribution in [0.25, 0.3) is 11.2 Å². The van der Waals surface area contributed by atoms with Crippen molar-refractivity contribution in [3.63, 3.8) is 0 Å². The van der Waals surface area contributed by atoms with Crippen LogP contribution in [-0.4, -0.2) is 38.1 Å². The molecule has 0 amide bonds. The average Bonchev–Trinajstić information content (AvgIpc) is 2.81. The molecular formula is C13H18N4O3S. The van der Waals surface area contributed by atoms with E-state index in [1.807, 2.05) is 6.92 Å². The van der Waals surface area contributed by atoms with Gasteiger partial charge in [-0.3, -0.25) is 14.3 Å². The first-order valence-corrected chi connectivity index (χ1v) is 7.35. The van der Waals surface area contributed by atoms with Crippen molar-refractivity contribution in [1.29, 1.82) is 0 Å². The molecule has 114 valence electrons. The SMILES string of the molecule is C=C[C@H](C)Sc1nc2c(c(=O)[nH]c(=O)n2C)n1CCOC. The fourth-order valence-electron chi connectivity index (χ4n) is 1.91. The maximum atomic E-state index is 12.1. The fourth-order valence-corrected chi connectivity index (χ4v) is 2.79. The van der Waals surface area contributed by atoms with E-state index in [9.17, 15) is 9.59 Å². The zero-order valence-corrected chi connectivity index (χ0v) is 13.1. The molecule has 0 aliphatic rings. The molecule has 1 atom stereocenters. The van der Waals surface area contributed by atoms with Gasteiger partial charge in [0.1, 0.15) is 0 Å². The molecule has 7 nitrogen and oxygen atoms in total. The molecule has 21 heavy (non-hydrogen) atoms. The van der Waals surface area contributed by atoms with Crippen LogP contribution in [0.4, 0.5) is 0 Å². The van der Waals surface area contributed by atoms with E-state index >= 15 is 0 Å². The molecule has 0 saturated heterocycles. The number of aryl methyl sites for hydroxylation is 1. The number of hydrogen-bond acceptors (Lipinski definition) is 5. The van der Waals surface area contributed by atoms with Gasteiger partial charge < -0.3 is 9.30 Å². The first-order valence-electron chi connectivity index (χ1n) is 6.47. The number of methoxy groups -OCH3 is 1. The zero-order valence-electron chi connectivity index (χ0n) is 12.3. The van der Waals surface area contributed by atoms with Gasteiger partial charge in [-0.05, 0) is 6.92 Å². The van der Waals surface area contributed by atoms with Gasteiger partial charge in [0, 0.05) is 26.0 Å². The van der Waals surface area contributed by atoms with Gasteiger partial charge in [0.15, 0.2) is 16.3 Å². The molecule has 0 unspecified atom stereocenters. The summed E-state index contributed by atoms with van der Waals surface area (Å²) in [6.45, 7) is 6.67. The van der Waals surface area contributed by atoms with Crippen LogP contribution in [0.3, 0.4) is 0 Å². The van der Waals surface area contributed by atoms with Crippen molar-refractivity contribution in [2.24, 2.45) is 7.05 Å². The molecule has 0 bridgehead atoms. The summed E-state index contributed by atoms with van der Waals surface area (Å²) in [4.78, 5) is 30.5. The molecule has 0 radical (unpaired) electrons. The lowest BCUT2D eigenvalue weighted by Gasteiger charge is -2.09. The summed E-state index contributed by atoms with van der Waals surface area (Å²) in [5.74, 6) is 0. The lowest BCUT2D eigenvalue weighted by molar-refractivity contribution is 0.186. The maximum Gasteiger partial charge on any atom is 0.329 e. The third kappa shape index (κ3) is 2.96. The van der Waals surface area contributed by atoms with Crippen molar-refractivity contribution < 1.29 is 4.74 Å². The summed E-state index contributed by atoms with van der Waals surface area (Å²) < 4.78 is 8.20. The summed E-state index contributed by atoms with van der Waals surface area (Å²) in [7, 11) is 3.18. The lowest BCUT2D eigenvalue weighted by Crippen LogP contribution is -2.29. The molecule has 1 N–H and O–H groups in total. The number of aromatic amines is 1. The van der Waals surface area contributed by atoms with Crippen molar-refractivity contribution in [1.82, 2.24) is 19.1 Å². The summed E-state index contributed by atoms with van der Waals surface area (Å²) in [6.07, 6.45) is 1.80. The third-order valence-electron chi connectivity index (χ3n) is 3.11. The largest absolute Gasteiger partial charge is 0.383 e. The molecule has 0 spiro atoms. The molecule has 2 rings (SSSR count). The van der Waals surface area contributed by atoms with Crippen LogP contribution in [0, 0.1) is 0 Å². The highest BCUT2D eigenvalue weighted by molar-refractivity contribution is 7.99. The quantitative estimate of drug-likeness (QED) is 0.628. The summed E-state index contributed by atoms with van der Waals surface area (Å²) >= 11 is 1.48. The smallest absolute Gasteiger partial charge is 0.329 e. The topological polar surface area (TPSA) is 81.9 Å². The van der Waals surface area contributed by atoms with Crippen LogP contribution in [-0.2, 0) is 18.3 Å². The molecule has 0 aromatic carbocycles. The van der Waals surface area contributed by atoms with E-state index in [4.69, 9.17) is 4.74 Å². The van der Waals surface area contributed by atoms with E-state index in [1.54, 1.807) is 24.8 Å². The molecule has 0 fully saturated rings. The van der Waals surface area contributed by atoms with E-state index < -0.39 is 11.2 Å². The van der Waals surface area contributed by atoms with Crippen LogP contribution < -0.4 is 11.2 Å². The number of rotatable bonds is 6. The van der Waals surface area contributed by atoms with Crippen LogP contribution in [0.5, 0.6) is 0 Å². The van der Waals surface area contributed by atoms with Crippen LogP contribution in [0.1, 0.15) is 6.92 Å². The molecule has 2 heterocycles. The molecule has 8 heteroatoms. The van der Waals surface area contributed by atoms with Crippen molar-refractivity contribution >= 4 is 22.9 Å². The van der Waals surface area contributed by atoms with E-state index in [1.165, 1.54) is 16.3 Å². The number of aromatic nitrogens is 4. The van der Waals surface area contributed by atoms with Crippen LogP contribution in [0.15, 0.2) is 27.4 Å². The normalized spacial score (nSPS) is 12.7. The standard InChI is InChI=1S/C13H18N4O3S/c1-5-8(2)21-13-14-10-9(17(13)6-7-20-4)11(18)15-12(19)16(10)3/h5,8H,1,6-7H2,2-4H3,(H,15,18,19)/t8-/m0/s1. The minimum Gasteiger partial charge on any atom is -0.383 e. The summed E-state index contributed by atoms with van der Waals surface area (Å²) in [5.41, 5.74) is -0.154. The van der Waals surface area contributed by atoms with Crippen LogP contribution >= 0.6 is 11.8 Å². The molecule has 2 aromatic rings. The summed E-state index contributed by atoms with van der Waals surface area (Å²) in [6, 6.07) is 0. The Bertz CT molecular complexity index is 774. The van der Waals surface area contributed by atoms with E-state index in [2.05, 4.69) is 16.5 Å². The van der Waals surface area contributed by atoms with E-state index in [-0.39, 0.29) is 5.25 Å². The number of imidazole rings is 1. The molecule has 0 aliphatic carbocycles.